The Morgan fingerprint density at radius 3 is 2.68 bits per heavy atom. The summed E-state index contributed by atoms with van der Waals surface area (Å²) in [4.78, 5) is 1.28. The first-order valence-electron chi connectivity index (χ1n) is 7.34. The van der Waals surface area contributed by atoms with Crippen molar-refractivity contribution in [2.45, 2.75) is 56.4 Å². The molecule has 0 aromatic heterocycles. The van der Waals surface area contributed by atoms with Crippen LogP contribution in [0.1, 0.15) is 45.4 Å². The molecule has 0 amide bonds. The standard InChI is InChI=1S/C17H26OS/c1-2-3-4-5-6-8-11-16(18)14-15-19-17-12-9-7-10-13-17/h6-10,12-13,16,18H,2-5,11,14-15H2,1H3/b8-6-/t16-/m1/s1. The summed E-state index contributed by atoms with van der Waals surface area (Å²) >= 11 is 1.81. The minimum absolute atomic E-state index is 0.196. The summed E-state index contributed by atoms with van der Waals surface area (Å²) in [6, 6.07) is 10.4. The van der Waals surface area contributed by atoms with Crippen LogP contribution in [-0.4, -0.2) is 17.0 Å². The van der Waals surface area contributed by atoms with Crippen LogP contribution in [0, 0.1) is 0 Å². The summed E-state index contributed by atoms with van der Waals surface area (Å²) in [5.74, 6) is 0.981. The Labute approximate surface area is 122 Å². The molecule has 0 aliphatic heterocycles. The SMILES string of the molecule is CCCCC/C=C\C[C@@H](O)CCSc1ccccc1. The van der Waals surface area contributed by atoms with Crippen LogP contribution in [0.15, 0.2) is 47.4 Å². The summed E-state index contributed by atoms with van der Waals surface area (Å²) in [6.45, 7) is 2.22. The van der Waals surface area contributed by atoms with Crippen LogP contribution in [0.25, 0.3) is 0 Å². The monoisotopic (exact) mass is 278 g/mol. The van der Waals surface area contributed by atoms with Gasteiger partial charge in [0.25, 0.3) is 0 Å². The maximum Gasteiger partial charge on any atom is 0.0582 e. The van der Waals surface area contributed by atoms with Crippen molar-refractivity contribution in [1.82, 2.24) is 0 Å². The number of allylic oxidation sites excluding steroid dienone is 1. The molecule has 19 heavy (non-hydrogen) atoms. The molecule has 0 bridgehead atoms. The van der Waals surface area contributed by atoms with E-state index in [1.165, 1.54) is 24.2 Å². The lowest BCUT2D eigenvalue weighted by atomic mass is 10.1. The number of unbranched alkanes of at least 4 members (excludes halogenated alkanes) is 3. The molecular formula is C17H26OS. The zero-order valence-corrected chi connectivity index (χ0v) is 12.7. The number of rotatable bonds is 10. The second-order valence-electron chi connectivity index (χ2n) is 4.81. The first-order valence-corrected chi connectivity index (χ1v) is 8.32. The lowest BCUT2D eigenvalue weighted by Gasteiger charge is -2.07. The lowest BCUT2D eigenvalue weighted by molar-refractivity contribution is 0.175. The van der Waals surface area contributed by atoms with E-state index < -0.39 is 0 Å². The van der Waals surface area contributed by atoms with Gasteiger partial charge in [-0.15, -0.1) is 11.8 Å². The van der Waals surface area contributed by atoms with Gasteiger partial charge < -0.3 is 5.11 Å². The fourth-order valence-corrected chi connectivity index (χ4v) is 2.81. The van der Waals surface area contributed by atoms with Crippen LogP contribution in [0.3, 0.4) is 0 Å². The minimum atomic E-state index is -0.196. The third kappa shape index (κ3) is 8.90. The van der Waals surface area contributed by atoms with Crippen LogP contribution in [0.4, 0.5) is 0 Å². The molecule has 1 rings (SSSR count). The van der Waals surface area contributed by atoms with Crippen LogP contribution in [0.5, 0.6) is 0 Å². The summed E-state index contributed by atoms with van der Waals surface area (Å²) in [5, 5.41) is 9.87. The second-order valence-corrected chi connectivity index (χ2v) is 5.98. The molecule has 0 radical (unpaired) electrons. The summed E-state index contributed by atoms with van der Waals surface area (Å²) < 4.78 is 0. The molecule has 0 aliphatic rings. The molecule has 1 atom stereocenters. The molecule has 1 N–H and O–H groups in total. The van der Waals surface area contributed by atoms with Crippen LogP contribution >= 0.6 is 11.8 Å². The third-order valence-electron chi connectivity index (χ3n) is 3.01. The van der Waals surface area contributed by atoms with Gasteiger partial charge in [-0.3, -0.25) is 0 Å². The van der Waals surface area contributed by atoms with Gasteiger partial charge in [0.2, 0.25) is 0 Å². The molecular weight excluding hydrogens is 252 g/mol. The fraction of sp³-hybridized carbons (Fsp3) is 0.529. The van der Waals surface area contributed by atoms with Crippen molar-refractivity contribution in [3.05, 3.63) is 42.5 Å². The number of aliphatic hydroxyl groups excluding tert-OH is 1. The Balaban J connectivity index is 2.03. The summed E-state index contributed by atoms with van der Waals surface area (Å²) in [7, 11) is 0. The minimum Gasteiger partial charge on any atom is -0.393 e. The highest BCUT2D eigenvalue weighted by Crippen LogP contribution is 2.19. The summed E-state index contributed by atoms with van der Waals surface area (Å²) in [6.07, 6.45) is 10.8. The first-order chi connectivity index (χ1) is 9.33. The van der Waals surface area contributed by atoms with E-state index in [2.05, 4.69) is 43.3 Å². The first kappa shape index (κ1) is 16.3. The van der Waals surface area contributed by atoms with Crippen LogP contribution in [-0.2, 0) is 0 Å². The van der Waals surface area contributed by atoms with E-state index >= 15 is 0 Å². The number of aliphatic hydroxyl groups is 1. The van der Waals surface area contributed by atoms with E-state index in [0.717, 1.165) is 25.0 Å². The van der Waals surface area contributed by atoms with Gasteiger partial charge in [-0.2, -0.15) is 0 Å². The highest BCUT2D eigenvalue weighted by atomic mass is 32.2. The average molecular weight is 278 g/mol. The van der Waals surface area contributed by atoms with Crippen molar-refractivity contribution >= 4 is 11.8 Å². The molecule has 0 spiro atoms. The second kappa shape index (κ2) is 11.1. The smallest absolute Gasteiger partial charge is 0.0582 e. The van der Waals surface area contributed by atoms with E-state index in [1.54, 1.807) is 0 Å². The van der Waals surface area contributed by atoms with Gasteiger partial charge in [-0.25, -0.2) is 0 Å². The molecule has 0 saturated carbocycles. The molecule has 0 saturated heterocycles. The van der Waals surface area contributed by atoms with Gasteiger partial charge in [-0.1, -0.05) is 50.1 Å². The quantitative estimate of drug-likeness (QED) is 0.367. The van der Waals surface area contributed by atoms with Crippen molar-refractivity contribution < 1.29 is 5.11 Å². The van der Waals surface area contributed by atoms with Gasteiger partial charge in [0.1, 0.15) is 0 Å². The predicted octanol–water partition coefficient (Wildman–Crippen LogP) is 5.06. The van der Waals surface area contributed by atoms with Crippen molar-refractivity contribution in [3.63, 3.8) is 0 Å². The Hall–Kier alpha value is -0.730. The number of hydrogen-bond donors (Lipinski definition) is 1. The molecule has 1 nitrogen and oxygen atoms in total. The van der Waals surface area contributed by atoms with Crippen molar-refractivity contribution in [2.24, 2.45) is 0 Å². The maximum atomic E-state index is 9.87. The third-order valence-corrected chi connectivity index (χ3v) is 4.06. The van der Waals surface area contributed by atoms with Gasteiger partial charge in [0.15, 0.2) is 0 Å². The van der Waals surface area contributed by atoms with Gasteiger partial charge in [0, 0.05) is 10.6 Å². The number of thioether (sulfide) groups is 1. The molecule has 1 aromatic carbocycles. The van der Waals surface area contributed by atoms with Crippen molar-refractivity contribution in [1.29, 1.82) is 0 Å². The van der Waals surface area contributed by atoms with Crippen molar-refractivity contribution in [3.8, 4) is 0 Å². The highest BCUT2D eigenvalue weighted by Gasteiger charge is 2.01. The molecule has 0 heterocycles. The van der Waals surface area contributed by atoms with E-state index in [-0.39, 0.29) is 6.10 Å². The molecule has 0 unspecified atom stereocenters. The predicted molar refractivity (Wildman–Crippen MR) is 85.7 cm³/mol. The zero-order valence-electron chi connectivity index (χ0n) is 11.9. The highest BCUT2D eigenvalue weighted by molar-refractivity contribution is 7.99. The Morgan fingerprint density at radius 2 is 1.95 bits per heavy atom. The van der Waals surface area contributed by atoms with Crippen molar-refractivity contribution in [2.75, 3.05) is 5.75 Å². The van der Waals surface area contributed by atoms with Gasteiger partial charge in [-0.05, 0) is 37.8 Å². The number of benzene rings is 1. The van der Waals surface area contributed by atoms with Crippen LogP contribution < -0.4 is 0 Å². The average Bonchev–Trinajstić information content (AvgIpc) is 2.44. The Morgan fingerprint density at radius 1 is 1.16 bits per heavy atom. The lowest BCUT2D eigenvalue weighted by Crippen LogP contribution is -2.05. The molecule has 0 aliphatic carbocycles. The normalized spacial score (nSPS) is 12.9. The van der Waals surface area contributed by atoms with E-state index in [4.69, 9.17) is 0 Å². The van der Waals surface area contributed by atoms with E-state index in [0.29, 0.717) is 0 Å². The van der Waals surface area contributed by atoms with Gasteiger partial charge in [0.05, 0.1) is 6.10 Å². The largest absolute Gasteiger partial charge is 0.393 e. The van der Waals surface area contributed by atoms with E-state index in [9.17, 15) is 5.11 Å². The van der Waals surface area contributed by atoms with Crippen LogP contribution in [0.2, 0.25) is 0 Å². The fourth-order valence-electron chi connectivity index (χ4n) is 1.83. The Kier molecular flexibility index (Phi) is 9.56. The Bertz CT molecular complexity index is 334. The molecule has 0 fully saturated rings. The molecule has 106 valence electrons. The number of hydrogen-bond acceptors (Lipinski definition) is 2. The van der Waals surface area contributed by atoms with Gasteiger partial charge >= 0.3 is 0 Å². The van der Waals surface area contributed by atoms with E-state index in [1.807, 2.05) is 17.8 Å². The summed E-state index contributed by atoms with van der Waals surface area (Å²) in [5.41, 5.74) is 0. The molecule has 1 aromatic rings. The maximum absolute atomic E-state index is 9.87. The molecule has 2 heteroatoms. The zero-order chi connectivity index (χ0) is 13.8. The topological polar surface area (TPSA) is 20.2 Å².